The lowest BCUT2D eigenvalue weighted by molar-refractivity contribution is -0.112. The number of anilines is 1. The lowest BCUT2D eigenvalue weighted by Crippen LogP contribution is -2.23. The predicted octanol–water partition coefficient (Wildman–Crippen LogP) is 5.07. The number of benzene rings is 3. The molecule has 0 atom stereocenters. The molecule has 0 unspecified atom stereocenters. The Hall–Kier alpha value is -3.87. The van der Waals surface area contributed by atoms with Gasteiger partial charge in [0.2, 0.25) is 0 Å². The summed E-state index contributed by atoms with van der Waals surface area (Å²) in [6, 6.07) is 15.0. The van der Waals surface area contributed by atoms with Gasteiger partial charge < -0.3 is 10.3 Å². The summed E-state index contributed by atoms with van der Waals surface area (Å²) in [4.78, 5) is 28.5. The molecule has 1 amide bonds. The molecule has 0 saturated heterocycles. The number of nitrogens with one attached hydrogen (secondary N) is 2. The monoisotopic (exact) mass is 394 g/mol. The van der Waals surface area contributed by atoms with Crippen LogP contribution in [0.4, 0.5) is 18.9 Å². The molecule has 2 N–H and O–H groups in total. The van der Waals surface area contributed by atoms with Gasteiger partial charge in [-0.05, 0) is 30.3 Å². The average molecular weight is 394 g/mol. The van der Waals surface area contributed by atoms with Gasteiger partial charge in [-0.3, -0.25) is 9.59 Å². The quantitative estimate of drug-likeness (QED) is 0.375. The SMILES string of the molecule is O=C(Nc1ccc(F)cc1F)C(=O)c1c(-c2cccc(F)c2)[nH]c2ccccc12. The number of H-pyrrole nitrogens is 1. The second-order valence-electron chi connectivity index (χ2n) is 6.34. The van der Waals surface area contributed by atoms with Crippen LogP contribution in [0.25, 0.3) is 22.2 Å². The Balaban J connectivity index is 1.78. The molecule has 0 aliphatic heterocycles. The van der Waals surface area contributed by atoms with Gasteiger partial charge in [0.1, 0.15) is 17.5 Å². The zero-order valence-electron chi connectivity index (χ0n) is 14.8. The van der Waals surface area contributed by atoms with Gasteiger partial charge in [-0.15, -0.1) is 0 Å². The third-order valence-corrected chi connectivity index (χ3v) is 4.43. The van der Waals surface area contributed by atoms with Crippen LogP contribution < -0.4 is 5.32 Å². The molecule has 0 bridgehead atoms. The van der Waals surface area contributed by atoms with Gasteiger partial charge in [0, 0.05) is 22.5 Å². The minimum absolute atomic E-state index is 0.0335. The number of carbonyl (C=O) groups excluding carboxylic acids is 2. The predicted molar refractivity (Wildman–Crippen MR) is 103 cm³/mol. The van der Waals surface area contributed by atoms with E-state index in [1.807, 2.05) is 0 Å². The highest BCUT2D eigenvalue weighted by atomic mass is 19.1. The molecular weight excluding hydrogens is 381 g/mol. The van der Waals surface area contributed by atoms with E-state index in [0.29, 0.717) is 22.5 Å². The standard InChI is InChI=1S/C22H13F3N2O2/c23-13-5-3-4-12(10-13)20-19(15-6-1-2-7-17(15)26-20)21(28)22(29)27-18-9-8-14(24)11-16(18)25/h1-11,26H,(H,27,29). The molecule has 0 aliphatic carbocycles. The molecule has 1 aromatic heterocycles. The molecular formula is C22H13F3N2O2. The number of amides is 1. The van der Waals surface area contributed by atoms with Gasteiger partial charge in [0.25, 0.3) is 11.7 Å². The number of rotatable bonds is 4. The van der Waals surface area contributed by atoms with Gasteiger partial charge in [-0.25, -0.2) is 13.2 Å². The van der Waals surface area contributed by atoms with Gasteiger partial charge in [-0.1, -0.05) is 30.3 Å². The molecule has 0 fully saturated rings. The van der Waals surface area contributed by atoms with Gasteiger partial charge >= 0.3 is 0 Å². The summed E-state index contributed by atoms with van der Waals surface area (Å²) in [7, 11) is 0. The Morgan fingerprint density at radius 1 is 0.828 bits per heavy atom. The first-order valence-electron chi connectivity index (χ1n) is 8.61. The lowest BCUT2D eigenvalue weighted by atomic mass is 10.0. The van der Waals surface area contributed by atoms with Crippen molar-refractivity contribution in [2.75, 3.05) is 5.32 Å². The van der Waals surface area contributed by atoms with E-state index in [2.05, 4.69) is 10.3 Å². The van der Waals surface area contributed by atoms with E-state index in [4.69, 9.17) is 0 Å². The van der Waals surface area contributed by atoms with E-state index in [9.17, 15) is 22.8 Å². The average Bonchev–Trinajstić information content (AvgIpc) is 3.09. The highest BCUT2D eigenvalue weighted by molar-refractivity contribution is 6.49. The zero-order chi connectivity index (χ0) is 20.5. The minimum Gasteiger partial charge on any atom is -0.354 e. The van der Waals surface area contributed by atoms with Crippen molar-refractivity contribution in [2.24, 2.45) is 0 Å². The van der Waals surface area contributed by atoms with E-state index in [1.165, 1.54) is 18.2 Å². The number of para-hydroxylation sites is 1. The number of aromatic amines is 1. The fourth-order valence-electron chi connectivity index (χ4n) is 3.12. The second-order valence-corrected chi connectivity index (χ2v) is 6.34. The maximum Gasteiger partial charge on any atom is 0.296 e. The largest absolute Gasteiger partial charge is 0.354 e. The number of aromatic nitrogens is 1. The summed E-state index contributed by atoms with van der Waals surface area (Å²) in [6.45, 7) is 0. The molecule has 29 heavy (non-hydrogen) atoms. The Morgan fingerprint density at radius 3 is 2.34 bits per heavy atom. The molecule has 0 saturated carbocycles. The van der Waals surface area contributed by atoms with Crippen LogP contribution in [0.5, 0.6) is 0 Å². The normalized spacial score (nSPS) is 10.9. The summed E-state index contributed by atoms with van der Waals surface area (Å²) in [5, 5.41) is 2.63. The Labute approximate surface area is 163 Å². The van der Waals surface area contributed by atoms with E-state index in [0.717, 1.165) is 12.1 Å². The number of fused-ring (bicyclic) bond motifs is 1. The van der Waals surface area contributed by atoms with Crippen molar-refractivity contribution in [3.8, 4) is 11.3 Å². The van der Waals surface area contributed by atoms with Crippen molar-refractivity contribution < 1.29 is 22.8 Å². The van der Waals surface area contributed by atoms with Crippen LogP contribution in [0.3, 0.4) is 0 Å². The molecule has 144 valence electrons. The van der Waals surface area contributed by atoms with Crippen LogP contribution in [0.1, 0.15) is 10.4 Å². The molecule has 7 heteroatoms. The zero-order valence-corrected chi connectivity index (χ0v) is 14.8. The summed E-state index contributed by atoms with van der Waals surface area (Å²) >= 11 is 0. The summed E-state index contributed by atoms with van der Waals surface area (Å²) in [5.41, 5.74) is 0.940. The number of ketones is 1. The third-order valence-electron chi connectivity index (χ3n) is 4.43. The maximum atomic E-state index is 13.8. The molecule has 0 aliphatic rings. The van der Waals surface area contributed by atoms with Crippen molar-refractivity contribution in [1.29, 1.82) is 0 Å². The van der Waals surface area contributed by atoms with Gasteiger partial charge in [0.15, 0.2) is 0 Å². The van der Waals surface area contributed by atoms with Gasteiger partial charge in [0.05, 0.1) is 16.9 Å². The van der Waals surface area contributed by atoms with Crippen molar-refractivity contribution >= 4 is 28.3 Å². The number of hydrogen-bond donors (Lipinski definition) is 2. The topological polar surface area (TPSA) is 62.0 Å². The van der Waals surface area contributed by atoms with E-state index >= 15 is 0 Å². The number of Topliss-reactive ketones (excluding diaryl/α,β-unsaturated/α-hetero) is 1. The number of halogens is 3. The van der Waals surface area contributed by atoms with Crippen molar-refractivity contribution in [1.82, 2.24) is 4.98 Å². The molecule has 1 heterocycles. The van der Waals surface area contributed by atoms with Crippen LogP contribution in [-0.4, -0.2) is 16.7 Å². The molecule has 4 rings (SSSR count). The maximum absolute atomic E-state index is 13.8. The van der Waals surface area contributed by atoms with E-state index in [1.54, 1.807) is 30.3 Å². The smallest absolute Gasteiger partial charge is 0.296 e. The van der Waals surface area contributed by atoms with E-state index < -0.39 is 29.1 Å². The lowest BCUT2D eigenvalue weighted by Gasteiger charge is -2.07. The van der Waals surface area contributed by atoms with Crippen molar-refractivity contribution in [3.05, 3.63) is 89.7 Å². The third kappa shape index (κ3) is 3.50. The Kier molecular flexibility index (Phi) is 4.64. The molecule has 0 spiro atoms. The first kappa shape index (κ1) is 18.5. The number of hydrogen-bond acceptors (Lipinski definition) is 2. The molecule has 4 aromatic rings. The summed E-state index contributed by atoms with van der Waals surface area (Å²) in [6.07, 6.45) is 0. The fraction of sp³-hybridized carbons (Fsp3) is 0. The van der Waals surface area contributed by atoms with Crippen LogP contribution in [0.15, 0.2) is 66.7 Å². The Morgan fingerprint density at radius 2 is 1.59 bits per heavy atom. The highest BCUT2D eigenvalue weighted by Gasteiger charge is 2.26. The van der Waals surface area contributed by atoms with Crippen molar-refractivity contribution in [2.45, 2.75) is 0 Å². The van der Waals surface area contributed by atoms with E-state index in [-0.39, 0.29) is 16.9 Å². The van der Waals surface area contributed by atoms with Crippen LogP contribution in [0, 0.1) is 17.5 Å². The fourth-order valence-corrected chi connectivity index (χ4v) is 3.12. The molecule has 0 radical (unpaired) electrons. The van der Waals surface area contributed by atoms with Crippen molar-refractivity contribution in [3.63, 3.8) is 0 Å². The van der Waals surface area contributed by atoms with Gasteiger partial charge in [-0.2, -0.15) is 0 Å². The van der Waals surface area contributed by atoms with Crippen LogP contribution in [0.2, 0.25) is 0 Å². The molecule has 4 nitrogen and oxygen atoms in total. The first-order chi connectivity index (χ1) is 13.9. The summed E-state index contributed by atoms with van der Waals surface area (Å²) in [5.74, 6) is -4.35. The van der Waals surface area contributed by atoms with Crippen LogP contribution >= 0.6 is 0 Å². The highest BCUT2D eigenvalue weighted by Crippen LogP contribution is 2.31. The summed E-state index contributed by atoms with van der Waals surface area (Å²) < 4.78 is 40.6. The number of carbonyl (C=O) groups is 2. The second kappa shape index (κ2) is 7.27. The molecule has 3 aromatic carbocycles. The Bertz CT molecular complexity index is 1260. The first-order valence-corrected chi connectivity index (χ1v) is 8.61. The minimum atomic E-state index is -1.10. The van der Waals surface area contributed by atoms with Crippen LogP contribution in [-0.2, 0) is 4.79 Å².